The summed E-state index contributed by atoms with van der Waals surface area (Å²) in [5.74, 6) is 1.51. The predicted molar refractivity (Wildman–Crippen MR) is 121 cm³/mol. The topological polar surface area (TPSA) is 50.7 Å². The molecule has 1 aromatic carbocycles. The number of benzene rings is 1. The number of anilines is 1. The number of fused-ring (bicyclic) bond motifs is 3. The average molecular weight is 441 g/mol. The van der Waals surface area contributed by atoms with Crippen LogP contribution in [0.5, 0.6) is 0 Å². The summed E-state index contributed by atoms with van der Waals surface area (Å²) in [7, 11) is 0. The van der Waals surface area contributed by atoms with Crippen LogP contribution in [0.1, 0.15) is 28.8 Å². The van der Waals surface area contributed by atoms with Crippen LogP contribution in [-0.2, 0) is 19.4 Å². The molecule has 0 bridgehead atoms. The van der Waals surface area contributed by atoms with Gasteiger partial charge in [0.05, 0.1) is 15.4 Å². The fourth-order valence-electron chi connectivity index (χ4n) is 3.73. The van der Waals surface area contributed by atoms with E-state index in [1.807, 2.05) is 36.4 Å². The second-order valence-corrected chi connectivity index (χ2v) is 9.00. The van der Waals surface area contributed by atoms with Gasteiger partial charge in [-0.3, -0.25) is 4.98 Å². The number of rotatable bonds is 4. The van der Waals surface area contributed by atoms with Crippen molar-refractivity contribution in [2.24, 2.45) is 0 Å². The molecule has 5 rings (SSSR count). The molecule has 0 saturated carbocycles. The van der Waals surface area contributed by atoms with Crippen molar-refractivity contribution >= 4 is 50.6 Å². The molecule has 7 heteroatoms. The number of hydrogen-bond acceptors (Lipinski definition) is 5. The van der Waals surface area contributed by atoms with Gasteiger partial charge in [0.1, 0.15) is 16.3 Å². The minimum Gasteiger partial charge on any atom is -0.365 e. The van der Waals surface area contributed by atoms with Crippen molar-refractivity contribution < 1.29 is 0 Å². The highest BCUT2D eigenvalue weighted by atomic mass is 35.5. The molecule has 4 nitrogen and oxygen atoms in total. The van der Waals surface area contributed by atoms with Crippen LogP contribution in [0, 0.1) is 0 Å². The Kier molecular flexibility index (Phi) is 5.12. The lowest BCUT2D eigenvalue weighted by atomic mass is 9.97. The van der Waals surface area contributed by atoms with Crippen LogP contribution in [0.2, 0.25) is 10.0 Å². The number of aromatic nitrogens is 3. The number of pyridine rings is 1. The molecule has 1 aliphatic rings. The zero-order valence-corrected chi connectivity index (χ0v) is 17.9. The van der Waals surface area contributed by atoms with E-state index in [0.717, 1.165) is 40.1 Å². The molecule has 146 valence electrons. The van der Waals surface area contributed by atoms with E-state index in [1.54, 1.807) is 17.5 Å². The monoisotopic (exact) mass is 440 g/mol. The highest BCUT2D eigenvalue weighted by Gasteiger charge is 2.21. The van der Waals surface area contributed by atoms with Crippen molar-refractivity contribution in [1.82, 2.24) is 15.0 Å². The lowest BCUT2D eigenvalue weighted by Crippen LogP contribution is -2.06. The molecule has 29 heavy (non-hydrogen) atoms. The molecule has 0 spiro atoms. The van der Waals surface area contributed by atoms with Crippen LogP contribution < -0.4 is 5.32 Å². The van der Waals surface area contributed by atoms with E-state index in [0.29, 0.717) is 22.4 Å². The summed E-state index contributed by atoms with van der Waals surface area (Å²) in [4.78, 5) is 16.6. The van der Waals surface area contributed by atoms with Crippen LogP contribution in [0.15, 0.2) is 42.6 Å². The van der Waals surface area contributed by atoms with Gasteiger partial charge in [-0.05, 0) is 61.1 Å². The fourth-order valence-corrected chi connectivity index (χ4v) is 5.31. The van der Waals surface area contributed by atoms with E-state index in [-0.39, 0.29) is 0 Å². The Morgan fingerprint density at radius 3 is 2.72 bits per heavy atom. The lowest BCUT2D eigenvalue weighted by molar-refractivity contribution is 0.700. The van der Waals surface area contributed by atoms with Gasteiger partial charge in [0.25, 0.3) is 0 Å². The van der Waals surface area contributed by atoms with E-state index in [2.05, 4.69) is 10.3 Å². The van der Waals surface area contributed by atoms with E-state index < -0.39 is 0 Å². The number of halogens is 2. The summed E-state index contributed by atoms with van der Waals surface area (Å²) in [5.41, 5.74) is 3.23. The normalized spacial score (nSPS) is 13.4. The van der Waals surface area contributed by atoms with E-state index >= 15 is 0 Å². The Hall–Kier alpha value is -2.21. The van der Waals surface area contributed by atoms with Gasteiger partial charge in [-0.25, -0.2) is 9.97 Å². The van der Waals surface area contributed by atoms with Crippen LogP contribution in [-0.4, -0.2) is 15.0 Å². The molecule has 3 aromatic heterocycles. The van der Waals surface area contributed by atoms with Gasteiger partial charge < -0.3 is 5.32 Å². The maximum atomic E-state index is 6.18. The first-order valence-corrected chi connectivity index (χ1v) is 11.2. The number of nitrogens with one attached hydrogen (secondary N) is 1. The first kappa shape index (κ1) is 18.8. The number of aryl methyl sites for hydroxylation is 2. The smallest absolute Gasteiger partial charge is 0.181 e. The van der Waals surface area contributed by atoms with E-state index in [4.69, 9.17) is 33.2 Å². The van der Waals surface area contributed by atoms with Gasteiger partial charge in [0.15, 0.2) is 5.82 Å². The minimum atomic E-state index is 0.556. The third-order valence-electron chi connectivity index (χ3n) is 5.15. The van der Waals surface area contributed by atoms with Crippen molar-refractivity contribution in [3.8, 4) is 11.5 Å². The summed E-state index contributed by atoms with van der Waals surface area (Å²) in [6, 6.07) is 11.5. The molecule has 1 N–H and O–H groups in total. The number of hydrogen-bond donors (Lipinski definition) is 1. The molecule has 0 atom stereocenters. The summed E-state index contributed by atoms with van der Waals surface area (Å²) < 4.78 is 0. The Labute approximate surface area is 183 Å². The zero-order valence-electron chi connectivity index (χ0n) is 15.6. The molecule has 0 aliphatic heterocycles. The third kappa shape index (κ3) is 3.70. The highest BCUT2D eigenvalue weighted by Crippen LogP contribution is 2.39. The second kappa shape index (κ2) is 7.90. The largest absolute Gasteiger partial charge is 0.365 e. The van der Waals surface area contributed by atoms with Crippen molar-refractivity contribution in [1.29, 1.82) is 0 Å². The van der Waals surface area contributed by atoms with Gasteiger partial charge in [-0.15, -0.1) is 11.3 Å². The summed E-state index contributed by atoms with van der Waals surface area (Å²) in [5, 5.41) is 5.80. The molecule has 0 radical (unpaired) electrons. The number of thiophene rings is 1. The maximum Gasteiger partial charge on any atom is 0.181 e. The Bertz CT molecular complexity index is 1190. The van der Waals surface area contributed by atoms with E-state index in [1.165, 1.54) is 23.3 Å². The standard InChI is InChI=1S/C22H18Cl2N4S/c23-15-9-8-13(11-16(15)24)12-26-21-19-14-5-1-2-7-18(14)29-22(19)28-20(27-21)17-6-3-4-10-25-17/h3-4,6,8-11H,1-2,5,7,12H2,(H,26,27,28). The second-order valence-electron chi connectivity index (χ2n) is 7.10. The summed E-state index contributed by atoms with van der Waals surface area (Å²) >= 11 is 14.0. The van der Waals surface area contributed by atoms with Crippen LogP contribution >= 0.6 is 34.5 Å². The molecular formula is C22H18Cl2N4S. The SMILES string of the molecule is Clc1ccc(CNc2nc(-c3ccccn3)nc3sc4c(c23)CCCC4)cc1Cl. The minimum absolute atomic E-state index is 0.556. The van der Waals surface area contributed by atoms with Crippen LogP contribution in [0.4, 0.5) is 5.82 Å². The molecule has 0 unspecified atom stereocenters. The van der Waals surface area contributed by atoms with Gasteiger partial charge >= 0.3 is 0 Å². The van der Waals surface area contributed by atoms with E-state index in [9.17, 15) is 0 Å². The van der Waals surface area contributed by atoms with Crippen molar-refractivity contribution in [3.05, 3.63) is 68.6 Å². The number of nitrogens with zero attached hydrogens (tertiary/aromatic N) is 3. The van der Waals surface area contributed by atoms with Gasteiger partial charge in [-0.1, -0.05) is 35.3 Å². The molecule has 0 saturated heterocycles. The Morgan fingerprint density at radius 2 is 1.90 bits per heavy atom. The van der Waals surface area contributed by atoms with Crippen LogP contribution in [0.25, 0.3) is 21.7 Å². The molecule has 3 heterocycles. The molecule has 0 amide bonds. The van der Waals surface area contributed by atoms with Gasteiger partial charge in [0, 0.05) is 17.6 Å². The first-order chi connectivity index (χ1) is 14.2. The predicted octanol–water partition coefficient (Wildman–Crippen LogP) is 6.55. The Morgan fingerprint density at radius 1 is 1.00 bits per heavy atom. The average Bonchev–Trinajstić information content (AvgIpc) is 3.13. The quantitative estimate of drug-likeness (QED) is 0.390. The molecule has 0 fully saturated rings. The third-order valence-corrected chi connectivity index (χ3v) is 7.08. The van der Waals surface area contributed by atoms with Gasteiger partial charge in [-0.2, -0.15) is 0 Å². The molecular weight excluding hydrogens is 423 g/mol. The van der Waals surface area contributed by atoms with Crippen LogP contribution in [0.3, 0.4) is 0 Å². The summed E-state index contributed by atoms with van der Waals surface area (Å²) in [6.45, 7) is 0.606. The highest BCUT2D eigenvalue weighted by molar-refractivity contribution is 7.19. The Balaban J connectivity index is 1.59. The summed E-state index contributed by atoms with van der Waals surface area (Å²) in [6.07, 6.45) is 6.44. The molecule has 1 aliphatic carbocycles. The molecule has 4 aromatic rings. The first-order valence-electron chi connectivity index (χ1n) is 9.60. The lowest BCUT2D eigenvalue weighted by Gasteiger charge is -2.13. The van der Waals surface area contributed by atoms with Gasteiger partial charge in [0.2, 0.25) is 0 Å². The van der Waals surface area contributed by atoms with Crippen molar-refractivity contribution in [2.45, 2.75) is 32.2 Å². The van der Waals surface area contributed by atoms with Crippen molar-refractivity contribution in [2.75, 3.05) is 5.32 Å². The zero-order chi connectivity index (χ0) is 19.8. The maximum absolute atomic E-state index is 6.18. The van der Waals surface area contributed by atoms with Crippen molar-refractivity contribution in [3.63, 3.8) is 0 Å². The fraction of sp³-hybridized carbons (Fsp3) is 0.227.